The highest BCUT2D eigenvalue weighted by Gasteiger charge is 2.24. The van der Waals surface area contributed by atoms with Crippen LogP contribution in [-0.2, 0) is 4.74 Å². The first-order chi connectivity index (χ1) is 9.63. The molecule has 1 aromatic carbocycles. The number of benzene rings is 1. The number of methoxy groups -OCH3 is 2. The highest BCUT2D eigenvalue weighted by molar-refractivity contribution is 5.97. The molecule has 1 saturated heterocycles. The van der Waals surface area contributed by atoms with Gasteiger partial charge < -0.3 is 9.47 Å². The summed E-state index contributed by atoms with van der Waals surface area (Å²) in [6.45, 7) is 2.80. The third-order valence-electron chi connectivity index (χ3n) is 3.61. The van der Waals surface area contributed by atoms with E-state index in [-0.39, 0.29) is 11.5 Å². The van der Waals surface area contributed by atoms with Gasteiger partial charge in [-0.1, -0.05) is 0 Å². The Morgan fingerprint density at radius 3 is 2.90 bits per heavy atom. The molecule has 0 bridgehead atoms. The Balaban J connectivity index is 1.94. The van der Waals surface area contributed by atoms with Crippen LogP contribution in [0.25, 0.3) is 0 Å². The molecular weight excluding hydrogens is 261 g/mol. The van der Waals surface area contributed by atoms with Gasteiger partial charge in [0, 0.05) is 19.2 Å². The second-order valence-electron chi connectivity index (χ2n) is 5.12. The summed E-state index contributed by atoms with van der Waals surface area (Å²) in [7, 11) is 3.09. The Hall–Kier alpha value is -1.46. The summed E-state index contributed by atoms with van der Waals surface area (Å²) >= 11 is 0. The van der Waals surface area contributed by atoms with Gasteiger partial charge in [0.05, 0.1) is 20.3 Å². The van der Waals surface area contributed by atoms with Gasteiger partial charge in [0.25, 0.3) is 0 Å². The fourth-order valence-electron chi connectivity index (χ4n) is 2.56. The first-order valence-corrected chi connectivity index (χ1v) is 6.72. The predicted octanol–water partition coefficient (Wildman–Crippen LogP) is 1.99. The van der Waals surface area contributed by atoms with Crippen molar-refractivity contribution in [1.29, 1.82) is 0 Å². The van der Waals surface area contributed by atoms with Crippen molar-refractivity contribution in [3.8, 4) is 5.75 Å². The zero-order valence-electron chi connectivity index (χ0n) is 11.9. The van der Waals surface area contributed by atoms with Crippen LogP contribution >= 0.6 is 0 Å². The minimum Gasteiger partial charge on any atom is -0.494 e. The monoisotopic (exact) mass is 281 g/mol. The predicted molar refractivity (Wildman–Crippen MR) is 73.7 cm³/mol. The van der Waals surface area contributed by atoms with Crippen molar-refractivity contribution >= 4 is 5.78 Å². The SMILES string of the molecule is COCC1CCN(CC(=O)c2ccc(OC)c(F)c2)C1. The summed E-state index contributed by atoms with van der Waals surface area (Å²) in [5.74, 6) is 0.0740. The number of ketones is 1. The molecule has 0 aliphatic carbocycles. The number of halogens is 1. The second-order valence-corrected chi connectivity index (χ2v) is 5.12. The maximum atomic E-state index is 13.6. The number of nitrogens with zero attached hydrogens (tertiary/aromatic N) is 1. The number of Topliss-reactive ketones (excluding diaryl/α,β-unsaturated/α-hetero) is 1. The second kappa shape index (κ2) is 6.81. The van der Waals surface area contributed by atoms with E-state index in [0.29, 0.717) is 18.0 Å². The third-order valence-corrected chi connectivity index (χ3v) is 3.61. The lowest BCUT2D eigenvalue weighted by atomic mass is 10.1. The topological polar surface area (TPSA) is 38.8 Å². The molecule has 0 radical (unpaired) electrons. The van der Waals surface area contributed by atoms with E-state index in [1.807, 2.05) is 0 Å². The molecule has 1 unspecified atom stereocenters. The molecule has 4 nitrogen and oxygen atoms in total. The van der Waals surface area contributed by atoms with Gasteiger partial charge in [-0.15, -0.1) is 0 Å². The van der Waals surface area contributed by atoms with Crippen molar-refractivity contribution in [2.45, 2.75) is 6.42 Å². The Morgan fingerprint density at radius 2 is 2.25 bits per heavy atom. The van der Waals surface area contributed by atoms with E-state index >= 15 is 0 Å². The summed E-state index contributed by atoms with van der Waals surface area (Å²) in [4.78, 5) is 14.2. The molecule has 1 aliphatic heterocycles. The number of hydrogen-bond acceptors (Lipinski definition) is 4. The van der Waals surface area contributed by atoms with Crippen LogP contribution in [0.4, 0.5) is 4.39 Å². The van der Waals surface area contributed by atoms with E-state index in [1.54, 1.807) is 13.2 Å². The number of hydrogen-bond donors (Lipinski definition) is 0. The van der Waals surface area contributed by atoms with Crippen LogP contribution in [0, 0.1) is 11.7 Å². The molecule has 0 saturated carbocycles. The van der Waals surface area contributed by atoms with Crippen LogP contribution in [0.15, 0.2) is 18.2 Å². The van der Waals surface area contributed by atoms with Crippen LogP contribution in [0.1, 0.15) is 16.8 Å². The highest BCUT2D eigenvalue weighted by Crippen LogP contribution is 2.20. The van der Waals surface area contributed by atoms with Gasteiger partial charge in [0.2, 0.25) is 0 Å². The maximum absolute atomic E-state index is 13.6. The zero-order chi connectivity index (χ0) is 14.5. The largest absolute Gasteiger partial charge is 0.494 e. The average Bonchev–Trinajstić information content (AvgIpc) is 2.86. The van der Waals surface area contributed by atoms with Crippen LogP contribution in [0.5, 0.6) is 5.75 Å². The van der Waals surface area contributed by atoms with Gasteiger partial charge in [-0.05, 0) is 37.1 Å². The standard InChI is InChI=1S/C15H20FNO3/c1-19-10-11-5-6-17(8-11)9-14(18)12-3-4-15(20-2)13(16)7-12/h3-4,7,11H,5-6,8-10H2,1-2H3. The fraction of sp³-hybridized carbons (Fsp3) is 0.533. The average molecular weight is 281 g/mol. The summed E-state index contributed by atoms with van der Waals surface area (Å²) in [5.41, 5.74) is 0.387. The molecule has 1 aliphatic rings. The zero-order valence-corrected chi connectivity index (χ0v) is 11.9. The highest BCUT2D eigenvalue weighted by atomic mass is 19.1. The number of likely N-dealkylation sites (tertiary alicyclic amines) is 1. The molecule has 0 amide bonds. The van der Waals surface area contributed by atoms with E-state index in [9.17, 15) is 9.18 Å². The minimum atomic E-state index is -0.503. The van der Waals surface area contributed by atoms with Crippen LogP contribution < -0.4 is 4.74 Å². The van der Waals surface area contributed by atoms with Crippen molar-refractivity contribution in [3.63, 3.8) is 0 Å². The molecule has 1 fully saturated rings. The van der Waals surface area contributed by atoms with Crippen LogP contribution in [0.2, 0.25) is 0 Å². The summed E-state index contributed by atoms with van der Waals surface area (Å²) in [5, 5.41) is 0. The van der Waals surface area contributed by atoms with Crippen molar-refractivity contribution in [3.05, 3.63) is 29.6 Å². The summed E-state index contributed by atoms with van der Waals surface area (Å²) in [6.07, 6.45) is 1.04. The smallest absolute Gasteiger partial charge is 0.176 e. The fourth-order valence-corrected chi connectivity index (χ4v) is 2.56. The van der Waals surface area contributed by atoms with Gasteiger partial charge in [-0.2, -0.15) is 0 Å². The molecule has 110 valence electrons. The minimum absolute atomic E-state index is 0.0652. The lowest BCUT2D eigenvalue weighted by molar-refractivity contribution is 0.0936. The summed E-state index contributed by atoms with van der Waals surface area (Å²) < 4.78 is 23.6. The molecule has 0 aromatic heterocycles. The first kappa shape index (κ1) is 14.9. The maximum Gasteiger partial charge on any atom is 0.176 e. The molecule has 1 heterocycles. The van der Waals surface area contributed by atoms with E-state index < -0.39 is 5.82 Å². The first-order valence-electron chi connectivity index (χ1n) is 6.72. The van der Waals surface area contributed by atoms with Crippen LogP contribution in [-0.4, -0.2) is 51.1 Å². The van der Waals surface area contributed by atoms with E-state index in [2.05, 4.69) is 4.90 Å². The molecular formula is C15H20FNO3. The van der Waals surface area contributed by atoms with Crippen molar-refractivity contribution in [1.82, 2.24) is 4.90 Å². The van der Waals surface area contributed by atoms with Gasteiger partial charge in [-0.3, -0.25) is 9.69 Å². The van der Waals surface area contributed by atoms with Gasteiger partial charge in [0.1, 0.15) is 0 Å². The molecule has 1 aromatic rings. The van der Waals surface area contributed by atoms with Crippen LogP contribution in [0.3, 0.4) is 0 Å². The van der Waals surface area contributed by atoms with E-state index in [4.69, 9.17) is 9.47 Å². The Bertz CT molecular complexity index is 478. The number of rotatable bonds is 6. The normalized spacial score (nSPS) is 19.2. The molecule has 1 atom stereocenters. The van der Waals surface area contributed by atoms with Gasteiger partial charge >= 0.3 is 0 Å². The third kappa shape index (κ3) is 3.55. The van der Waals surface area contributed by atoms with Crippen molar-refractivity contribution < 1.29 is 18.7 Å². The summed E-state index contributed by atoms with van der Waals surface area (Å²) in [6, 6.07) is 4.33. The number of carbonyl (C=O) groups is 1. The van der Waals surface area contributed by atoms with Gasteiger partial charge in [-0.25, -0.2) is 4.39 Å². The molecule has 2 rings (SSSR count). The van der Waals surface area contributed by atoms with E-state index in [0.717, 1.165) is 26.1 Å². The Labute approximate surface area is 118 Å². The van der Waals surface area contributed by atoms with E-state index in [1.165, 1.54) is 19.2 Å². The molecule has 0 N–H and O–H groups in total. The molecule has 0 spiro atoms. The van der Waals surface area contributed by atoms with Crippen molar-refractivity contribution in [2.75, 3.05) is 40.5 Å². The Morgan fingerprint density at radius 1 is 1.45 bits per heavy atom. The Kier molecular flexibility index (Phi) is 5.09. The van der Waals surface area contributed by atoms with Gasteiger partial charge in [0.15, 0.2) is 17.3 Å². The number of ether oxygens (including phenoxy) is 2. The molecule has 20 heavy (non-hydrogen) atoms. The lowest BCUT2D eigenvalue weighted by Gasteiger charge is -2.15. The lowest BCUT2D eigenvalue weighted by Crippen LogP contribution is -2.28. The molecule has 5 heteroatoms. The number of carbonyl (C=O) groups excluding carboxylic acids is 1. The van der Waals surface area contributed by atoms with Crippen molar-refractivity contribution in [2.24, 2.45) is 5.92 Å². The quantitative estimate of drug-likeness (QED) is 0.747.